The molecule has 0 aliphatic heterocycles. The van der Waals surface area contributed by atoms with Gasteiger partial charge in [0.2, 0.25) is 0 Å². The van der Waals surface area contributed by atoms with E-state index < -0.39 is 11.9 Å². The van der Waals surface area contributed by atoms with Crippen molar-refractivity contribution in [2.75, 3.05) is 7.11 Å². The van der Waals surface area contributed by atoms with Crippen LogP contribution in [0.2, 0.25) is 0 Å². The minimum Gasteiger partial charge on any atom is -0.468 e. The summed E-state index contributed by atoms with van der Waals surface area (Å²) < 4.78 is 4.53. The molecule has 3 heteroatoms. The Bertz CT molecular complexity index is 206. The van der Waals surface area contributed by atoms with Gasteiger partial charge in [0.1, 0.15) is 11.7 Å². The molecule has 0 fully saturated rings. The third kappa shape index (κ3) is 3.40. The fraction of sp³-hybridized carbons (Fsp3) is 0.600. The van der Waals surface area contributed by atoms with Gasteiger partial charge in [0.05, 0.1) is 7.11 Å². The molecule has 0 aromatic carbocycles. The molecule has 0 spiro atoms. The molecule has 1 atom stereocenters. The van der Waals surface area contributed by atoms with Gasteiger partial charge in [-0.15, -0.1) is 6.58 Å². The van der Waals surface area contributed by atoms with Crippen molar-refractivity contribution in [3.05, 3.63) is 12.7 Å². The van der Waals surface area contributed by atoms with Crippen LogP contribution < -0.4 is 0 Å². The Labute approximate surface area is 78.8 Å². The van der Waals surface area contributed by atoms with E-state index in [1.807, 2.05) is 0 Å². The lowest BCUT2D eigenvalue weighted by Crippen LogP contribution is -2.28. The number of rotatable bonds is 5. The molecule has 0 aliphatic rings. The van der Waals surface area contributed by atoms with Crippen molar-refractivity contribution >= 4 is 11.8 Å². The van der Waals surface area contributed by atoms with Gasteiger partial charge < -0.3 is 4.74 Å². The number of methoxy groups -OCH3 is 1. The zero-order valence-corrected chi connectivity index (χ0v) is 8.37. The number of hydrogen-bond donors (Lipinski definition) is 0. The van der Waals surface area contributed by atoms with Gasteiger partial charge in [-0.2, -0.15) is 0 Å². The average Bonchev–Trinajstić information content (AvgIpc) is 2.11. The third-order valence-corrected chi connectivity index (χ3v) is 1.80. The topological polar surface area (TPSA) is 43.4 Å². The van der Waals surface area contributed by atoms with Gasteiger partial charge in [-0.05, 0) is 6.42 Å². The Morgan fingerprint density at radius 3 is 2.31 bits per heavy atom. The van der Waals surface area contributed by atoms with Crippen LogP contribution in [-0.2, 0) is 14.3 Å². The van der Waals surface area contributed by atoms with E-state index in [9.17, 15) is 9.59 Å². The minimum atomic E-state index is -0.678. The zero-order valence-electron chi connectivity index (χ0n) is 8.37. The number of carbonyl (C=O) groups excluding carboxylic acids is 2. The van der Waals surface area contributed by atoms with Crippen molar-refractivity contribution in [2.45, 2.75) is 20.3 Å². The molecule has 0 aromatic rings. The molecule has 0 bridgehead atoms. The smallest absolute Gasteiger partial charge is 0.316 e. The highest BCUT2D eigenvalue weighted by atomic mass is 16.5. The predicted octanol–water partition coefficient (Wildman–Crippen LogP) is 1.58. The quantitative estimate of drug-likeness (QED) is 0.370. The van der Waals surface area contributed by atoms with Crippen LogP contribution in [0.1, 0.15) is 20.3 Å². The minimum absolute atomic E-state index is 0.0910. The maximum atomic E-state index is 11.5. The van der Waals surface area contributed by atoms with Crippen LogP contribution in [0.4, 0.5) is 0 Å². The molecule has 0 heterocycles. The standard InChI is InChI=1S/C10H16O3/c1-5-6-8(10(12)13-4)9(11)7(2)3/h5,7-8H,1,6H2,2-4H3. The Morgan fingerprint density at radius 1 is 1.46 bits per heavy atom. The van der Waals surface area contributed by atoms with Gasteiger partial charge in [-0.1, -0.05) is 19.9 Å². The first-order chi connectivity index (χ1) is 6.04. The SMILES string of the molecule is C=CCC(C(=O)OC)C(=O)C(C)C. The van der Waals surface area contributed by atoms with Gasteiger partial charge in [0.15, 0.2) is 0 Å². The molecule has 0 radical (unpaired) electrons. The van der Waals surface area contributed by atoms with Crippen LogP contribution in [0.5, 0.6) is 0 Å². The number of allylic oxidation sites excluding steroid dienone is 1. The molecule has 0 N–H and O–H groups in total. The highest BCUT2D eigenvalue weighted by Gasteiger charge is 2.27. The van der Waals surface area contributed by atoms with Crippen LogP contribution in [-0.4, -0.2) is 18.9 Å². The van der Waals surface area contributed by atoms with Gasteiger partial charge in [-0.3, -0.25) is 9.59 Å². The second kappa shape index (κ2) is 5.51. The molecule has 0 amide bonds. The van der Waals surface area contributed by atoms with Crippen molar-refractivity contribution < 1.29 is 14.3 Å². The normalized spacial score (nSPS) is 12.3. The first-order valence-electron chi connectivity index (χ1n) is 4.27. The molecular weight excluding hydrogens is 168 g/mol. The second-order valence-electron chi connectivity index (χ2n) is 3.16. The maximum absolute atomic E-state index is 11.5. The van der Waals surface area contributed by atoms with Crippen molar-refractivity contribution in [2.24, 2.45) is 11.8 Å². The van der Waals surface area contributed by atoms with Gasteiger partial charge in [0.25, 0.3) is 0 Å². The zero-order chi connectivity index (χ0) is 10.4. The highest BCUT2D eigenvalue weighted by Crippen LogP contribution is 2.13. The van der Waals surface area contributed by atoms with Gasteiger partial charge in [0, 0.05) is 5.92 Å². The lowest BCUT2D eigenvalue weighted by molar-refractivity contribution is -0.150. The van der Waals surface area contributed by atoms with Gasteiger partial charge in [-0.25, -0.2) is 0 Å². The fourth-order valence-corrected chi connectivity index (χ4v) is 1.04. The molecule has 13 heavy (non-hydrogen) atoms. The lowest BCUT2D eigenvalue weighted by Gasteiger charge is -2.13. The van der Waals surface area contributed by atoms with Crippen LogP contribution in [0.3, 0.4) is 0 Å². The Kier molecular flexibility index (Phi) is 5.04. The summed E-state index contributed by atoms with van der Waals surface area (Å²) in [6.07, 6.45) is 1.91. The van der Waals surface area contributed by atoms with E-state index >= 15 is 0 Å². The maximum Gasteiger partial charge on any atom is 0.316 e. The number of carbonyl (C=O) groups is 2. The first kappa shape index (κ1) is 11.9. The molecule has 0 rings (SSSR count). The van der Waals surface area contributed by atoms with Crippen molar-refractivity contribution in [1.82, 2.24) is 0 Å². The van der Waals surface area contributed by atoms with E-state index in [4.69, 9.17) is 0 Å². The first-order valence-corrected chi connectivity index (χ1v) is 4.27. The fourth-order valence-electron chi connectivity index (χ4n) is 1.04. The molecule has 0 saturated carbocycles. The van der Waals surface area contributed by atoms with Crippen LogP contribution in [0, 0.1) is 11.8 Å². The van der Waals surface area contributed by atoms with Crippen LogP contribution >= 0.6 is 0 Å². The van der Waals surface area contributed by atoms with Gasteiger partial charge >= 0.3 is 5.97 Å². The van der Waals surface area contributed by atoms with Crippen LogP contribution in [0.25, 0.3) is 0 Å². The second-order valence-corrected chi connectivity index (χ2v) is 3.16. The monoisotopic (exact) mass is 184 g/mol. The van der Waals surface area contributed by atoms with E-state index in [-0.39, 0.29) is 11.7 Å². The number of hydrogen-bond acceptors (Lipinski definition) is 3. The summed E-state index contributed by atoms with van der Waals surface area (Å²) in [5.41, 5.74) is 0. The van der Waals surface area contributed by atoms with E-state index in [1.165, 1.54) is 7.11 Å². The summed E-state index contributed by atoms with van der Waals surface area (Å²) in [4.78, 5) is 22.6. The largest absolute Gasteiger partial charge is 0.468 e. The van der Waals surface area contributed by atoms with Crippen molar-refractivity contribution in [3.63, 3.8) is 0 Å². The lowest BCUT2D eigenvalue weighted by atomic mass is 9.92. The molecule has 1 unspecified atom stereocenters. The van der Waals surface area contributed by atoms with E-state index in [1.54, 1.807) is 19.9 Å². The Hall–Kier alpha value is -1.12. The van der Waals surface area contributed by atoms with Crippen molar-refractivity contribution in [3.8, 4) is 0 Å². The molecule has 74 valence electrons. The summed E-state index contributed by atoms with van der Waals surface area (Å²) >= 11 is 0. The molecule has 0 aliphatic carbocycles. The van der Waals surface area contributed by atoms with Crippen LogP contribution in [0.15, 0.2) is 12.7 Å². The molecule has 0 saturated heterocycles. The average molecular weight is 184 g/mol. The Balaban J connectivity index is 4.49. The third-order valence-electron chi connectivity index (χ3n) is 1.80. The molecule has 0 aromatic heterocycles. The Morgan fingerprint density at radius 2 is 2.00 bits per heavy atom. The van der Waals surface area contributed by atoms with E-state index in [2.05, 4.69) is 11.3 Å². The summed E-state index contributed by atoms with van der Waals surface area (Å²) in [7, 11) is 1.28. The summed E-state index contributed by atoms with van der Waals surface area (Å²) in [6, 6.07) is 0. The molecular formula is C10H16O3. The number of esters is 1. The van der Waals surface area contributed by atoms with E-state index in [0.717, 1.165) is 0 Å². The summed E-state index contributed by atoms with van der Waals surface area (Å²) in [6.45, 7) is 7.03. The number of Topliss-reactive ketones (excluding diaryl/α,β-unsaturated/α-hetero) is 1. The summed E-state index contributed by atoms with van der Waals surface area (Å²) in [5, 5.41) is 0. The summed E-state index contributed by atoms with van der Waals surface area (Å²) in [5.74, 6) is -1.39. The number of ether oxygens (including phenoxy) is 1. The number of ketones is 1. The van der Waals surface area contributed by atoms with Crippen molar-refractivity contribution in [1.29, 1.82) is 0 Å². The molecule has 3 nitrogen and oxygen atoms in total. The van der Waals surface area contributed by atoms with E-state index in [0.29, 0.717) is 6.42 Å². The highest BCUT2D eigenvalue weighted by molar-refractivity contribution is 5.99. The predicted molar refractivity (Wildman–Crippen MR) is 50.2 cm³/mol.